The van der Waals surface area contributed by atoms with Crippen LogP contribution in [0.4, 0.5) is 4.39 Å². The van der Waals surface area contributed by atoms with Crippen molar-refractivity contribution in [3.05, 3.63) is 35.1 Å². The van der Waals surface area contributed by atoms with Gasteiger partial charge in [-0.15, -0.1) is 0 Å². The van der Waals surface area contributed by atoms with Crippen LogP contribution in [-0.4, -0.2) is 36.6 Å². The Balaban J connectivity index is 2.16. The van der Waals surface area contributed by atoms with E-state index in [1.807, 2.05) is 0 Å². The molecule has 5 nitrogen and oxygen atoms in total. The summed E-state index contributed by atoms with van der Waals surface area (Å²) in [4.78, 5) is 16.2. The fourth-order valence-electron chi connectivity index (χ4n) is 2.28. The van der Waals surface area contributed by atoms with Gasteiger partial charge in [-0.25, -0.2) is 9.40 Å². The van der Waals surface area contributed by atoms with Crippen molar-refractivity contribution in [1.29, 1.82) is 0 Å². The first-order chi connectivity index (χ1) is 8.61. The number of nitrogens with zero attached hydrogens (tertiary/aromatic N) is 3. The summed E-state index contributed by atoms with van der Waals surface area (Å²) in [5.41, 5.74) is 1.50. The molecule has 0 aromatic heterocycles. The van der Waals surface area contributed by atoms with Crippen molar-refractivity contribution in [2.45, 2.75) is 6.04 Å². The molecule has 0 fully saturated rings. The van der Waals surface area contributed by atoms with Crippen LogP contribution in [0.15, 0.2) is 28.3 Å². The molecule has 1 heterocycles. The van der Waals surface area contributed by atoms with Crippen molar-refractivity contribution in [2.24, 2.45) is 10.1 Å². The average Bonchev–Trinajstić information content (AvgIpc) is 2.62. The highest BCUT2D eigenvalue weighted by atomic mass is 19.1. The van der Waals surface area contributed by atoms with Crippen LogP contribution in [0.1, 0.15) is 22.0 Å². The third kappa shape index (κ3) is 1.35. The zero-order valence-corrected chi connectivity index (χ0v) is 9.94. The van der Waals surface area contributed by atoms with Crippen LogP contribution in [0.2, 0.25) is 0 Å². The minimum Gasteiger partial charge on any atom is -0.342 e. The number of nitrogens with one attached hydrogen (secondary N) is 1. The van der Waals surface area contributed by atoms with Crippen molar-refractivity contribution in [1.82, 2.24) is 10.3 Å². The first-order valence-electron chi connectivity index (χ1n) is 5.51. The lowest BCUT2D eigenvalue weighted by Gasteiger charge is -2.27. The van der Waals surface area contributed by atoms with Gasteiger partial charge in [0.25, 0.3) is 0 Å². The lowest BCUT2D eigenvalue weighted by atomic mass is 10.1. The summed E-state index contributed by atoms with van der Waals surface area (Å²) < 4.78 is 13.2. The molecular weight excluding hydrogens is 235 g/mol. The summed E-state index contributed by atoms with van der Waals surface area (Å²) in [6.45, 7) is 0. The highest BCUT2D eigenvalue weighted by Gasteiger charge is 2.40. The van der Waals surface area contributed by atoms with Crippen LogP contribution >= 0.6 is 0 Å². The highest BCUT2D eigenvalue weighted by Crippen LogP contribution is 2.31. The van der Waals surface area contributed by atoms with E-state index in [0.717, 1.165) is 5.56 Å². The minimum atomic E-state index is -0.418. The van der Waals surface area contributed by atoms with Crippen LogP contribution in [-0.2, 0) is 0 Å². The summed E-state index contributed by atoms with van der Waals surface area (Å²) in [5.74, 6) is -0.0724. The van der Waals surface area contributed by atoms with E-state index in [4.69, 9.17) is 0 Å². The Morgan fingerprint density at radius 1 is 1.50 bits per heavy atom. The van der Waals surface area contributed by atoms with Crippen molar-refractivity contribution < 1.29 is 9.18 Å². The van der Waals surface area contributed by atoms with E-state index < -0.39 is 5.82 Å². The van der Waals surface area contributed by atoms with Gasteiger partial charge in [0.1, 0.15) is 17.6 Å². The SMILES string of the molecule is CN=C1NC2C(=NN1C)C(=O)c1cc(F)ccc12. The molecule has 92 valence electrons. The third-order valence-corrected chi connectivity index (χ3v) is 3.13. The molecule has 0 saturated heterocycles. The Hall–Kier alpha value is -2.24. The molecule has 1 aliphatic carbocycles. The van der Waals surface area contributed by atoms with Crippen LogP contribution < -0.4 is 5.32 Å². The quantitative estimate of drug-likeness (QED) is 0.741. The number of hydrogen-bond acceptors (Lipinski definition) is 3. The number of carbonyl (C=O) groups is 1. The van der Waals surface area contributed by atoms with Gasteiger partial charge < -0.3 is 5.32 Å². The zero-order chi connectivity index (χ0) is 12.9. The predicted octanol–water partition coefficient (Wildman–Crippen LogP) is 0.940. The molecule has 0 bridgehead atoms. The highest BCUT2D eigenvalue weighted by molar-refractivity contribution is 6.51. The van der Waals surface area contributed by atoms with E-state index in [9.17, 15) is 9.18 Å². The fourth-order valence-corrected chi connectivity index (χ4v) is 2.28. The molecule has 0 radical (unpaired) electrons. The van der Waals surface area contributed by atoms with Gasteiger partial charge in [0, 0.05) is 19.7 Å². The monoisotopic (exact) mass is 246 g/mol. The molecule has 1 atom stereocenters. The van der Waals surface area contributed by atoms with Crippen LogP contribution in [0.3, 0.4) is 0 Å². The van der Waals surface area contributed by atoms with E-state index in [2.05, 4.69) is 15.4 Å². The number of rotatable bonds is 0. The normalized spacial score (nSPS) is 23.6. The summed E-state index contributed by atoms with van der Waals surface area (Å²) in [7, 11) is 3.34. The van der Waals surface area contributed by atoms with Gasteiger partial charge in [0.15, 0.2) is 0 Å². The van der Waals surface area contributed by atoms with Crippen LogP contribution in [0.5, 0.6) is 0 Å². The summed E-state index contributed by atoms with van der Waals surface area (Å²) in [6.07, 6.45) is 0. The molecule has 1 aliphatic heterocycles. The molecule has 18 heavy (non-hydrogen) atoms. The number of Topliss-reactive ketones (excluding diaryl/α,β-unsaturated/α-hetero) is 1. The molecular formula is C12H11FN4O. The van der Waals surface area contributed by atoms with Crippen LogP contribution in [0.25, 0.3) is 0 Å². The number of hydrogen-bond donors (Lipinski definition) is 1. The molecule has 1 aromatic carbocycles. The lowest BCUT2D eigenvalue weighted by Crippen LogP contribution is -2.46. The van der Waals surface area contributed by atoms with E-state index in [0.29, 0.717) is 17.2 Å². The second-order valence-corrected chi connectivity index (χ2v) is 4.19. The number of carbonyl (C=O) groups excluding carboxylic acids is 1. The molecule has 2 aliphatic rings. The number of aliphatic imine (C=N–C) groups is 1. The van der Waals surface area contributed by atoms with Crippen molar-refractivity contribution in [3.8, 4) is 0 Å². The molecule has 1 N–H and O–H groups in total. The Bertz CT molecular complexity index is 608. The van der Waals surface area contributed by atoms with Crippen molar-refractivity contribution in [3.63, 3.8) is 0 Å². The lowest BCUT2D eigenvalue weighted by molar-refractivity contribution is 0.106. The Morgan fingerprint density at radius 2 is 2.28 bits per heavy atom. The number of guanidine groups is 1. The topological polar surface area (TPSA) is 57.1 Å². The van der Waals surface area contributed by atoms with Crippen LogP contribution in [0, 0.1) is 5.82 Å². The molecule has 6 heteroatoms. The second kappa shape index (κ2) is 3.63. The molecule has 1 aromatic rings. The molecule has 0 amide bonds. The third-order valence-electron chi connectivity index (χ3n) is 3.13. The van der Waals surface area contributed by atoms with Gasteiger partial charge >= 0.3 is 0 Å². The molecule has 0 saturated carbocycles. The standard InChI is InChI=1S/C12H11FN4O/c1-14-12-15-9-7-4-3-6(13)5-8(7)11(18)10(9)16-17(12)2/h3-5,9H,1-2H3,(H,14,15). The number of benzene rings is 1. The number of hydrazone groups is 1. The van der Waals surface area contributed by atoms with Crippen molar-refractivity contribution >= 4 is 17.5 Å². The van der Waals surface area contributed by atoms with Gasteiger partial charge in [-0.1, -0.05) is 6.07 Å². The fraction of sp³-hybridized carbons (Fsp3) is 0.250. The number of ketones is 1. The van der Waals surface area contributed by atoms with Gasteiger partial charge in [-0.2, -0.15) is 5.10 Å². The summed E-state index contributed by atoms with van der Waals surface area (Å²) in [5, 5.41) is 8.84. The van der Waals surface area contributed by atoms with Gasteiger partial charge in [0.2, 0.25) is 11.7 Å². The molecule has 3 rings (SSSR count). The average molecular weight is 246 g/mol. The Labute approximate surface area is 103 Å². The van der Waals surface area contributed by atoms with Gasteiger partial charge in [-0.05, 0) is 17.7 Å². The first kappa shape index (κ1) is 10.9. The number of fused-ring (bicyclic) bond motifs is 3. The maximum atomic E-state index is 13.2. The zero-order valence-electron chi connectivity index (χ0n) is 9.94. The van der Waals surface area contributed by atoms with E-state index in [1.54, 1.807) is 20.2 Å². The Morgan fingerprint density at radius 3 is 3.00 bits per heavy atom. The van der Waals surface area contributed by atoms with E-state index in [-0.39, 0.29) is 11.8 Å². The van der Waals surface area contributed by atoms with E-state index >= 15 is 0 Å². The minimum absolute atomic E-state index is 0.232. The Kier molecular flexibility index (Phi) is 2.19. The second-order valence-electron chi connectivity index (χ2n) is 4.19. The van der Waals surface area contributed by atoms with E-state index in [1.165, 1.54) is 17.1 Å². The summed E-state index contributed by atoms with van der Waals surface area (Å²) >= 11 is 0. The predicted molar refractivity (Wildman–Crippen MR) is 65.2 cm³/mol. The van der Waals surface area contributed by atoms with Gasteiger partial charge in [0.05, 0.1) is 0 Å². The first-order valence-corrected chi connectivity index (χ1v) is 5.51. The largest absolute Gasteiger partial charge is 0.342 e. The number of halogens is 1. The van der Waals surface area contributed by atoms with Gasteiger partial charge in [-0.3, -0.25) is 9.79 Å². The maximum absolute atomic E-state index is 13.2. The maximum Gasteiger partial charge on any atom is 0.215 e. The summed E-state index contributed by atoms with van der Waals surface area (Å²) in [6, 6.07) is 3.88. The van der Waals surface area contributed by atoms with Crippen molar-refractivity contribution in [2.75, 3.05) is 14.1 Å². The smallest absolute Gasteiger partial charge is 0.215 e. The molecule has 1 unspecified atom stereocenters. The molecule has 0 spiro atoms.